The molecule has 0 aliphatic heterocycles. The first-order chi connectivity index (χ1) is 10.2. The highest BCUT2D eigenvalue weighted by Gasteiger charge is 2.06. The van der Waals surface area contributed by atoms with Crippen LogP contribution in [0, 0.1) is 12.3 Å². The fourth-order valence-electron chi connectivity index (χ4n) is 2.07. The maximum atomic E-state index is 12.0. The third kappa shape index (κ3) is 4.12. The zero-order valence-corrected chi connectivity index (χ0v) is 11.9. The molecule has 21 heavy (non-hydrogen) atoms. The second-order valence-corrected chi connectivity index (χ2v) is 4.59. The Morgan fingerprint density at radius 3 is 2.81 bits per heavy atom. The topological polar surface area (TPSA) is 38.3 Å². The molecular formula is C18H17NO2. The number of carbonyl (C=O) groups is 1. The van der Waals surface area contributed by atoms with Gasteiger partial charge in [-0.25, -0.2) is 0 Å². The first kappa shape index (κ1) is 14.7. The Balaban J connectivity index is 1.94. The van der Waals surface area contributed by atoms with Gasteiger partial charge in [0.05, 0.1) is 7.11 Å². The number of carbonyl (C=O) groups excluding carboxylic acids is 1. The van der Waals surface area contributed by atoms with E-state index in [2.05, 4.69) is 11.2 Å². The summed E-state index contributed by atoms with van der Waals surface area (Å²) in [5, 5.41) is 2.85. The van der Waals surface area contributed by atoms with Crippen LogP contribution in [-0.2, 0) is 11.2 Å². The number of nitrogens with one attached hydrogen (secondary N) is 1. The van der Waals surface area contributed by atoms with Crippen LogP contribution in [0.2, 0.25) is 0 Å². The van der Waals surface area contributed by atoms with Gasteiger partial charge in [0.2, 0.25) is 5.91 Å². The normalized spacial score (nSPS) is 9.71. The number of rotatable bonds is 5. The van der Waals surface area contributed by atoms with Gasteiger partial charge in [0, 0.05) is 17.7 Å². The fourth-order valence-corrected chi connectivity index (χ4v) is 2.07. The smallest absolute Gasteiger partial charge is 0.224 e. The number of hydrogen-bond donors (Lipinski definition) is 1. The van der Waals surface area contributed by atoms with E-state index in [1.54, 1.807) is 13.2 Å². The van der Waals surface area contributed by atoms with Crippen molar-refractivity contribution in [3.63, 3.8) is 0 Å². The van der Waals surface area contributed by atoms with Gasteiger partial charge in [-0.1, -0.05) is 30.2 Å². The lowest BCUT2D eigenvalue weighted by molar-refractivity contribution is -0.116. The maximum Gasteiger partial charge on any atom is 0.224 e. The molecule has 0 spiro atoms. The molecule has 2 rings (SSSR count). The third-order valence-electron chi connectivity index (χ3n) is 3.13. The molecule has 0 atom stereocenters. The van der Waals surface area contributed by atoms with Crippen LogP contribution in [-0.4, -0.2) is 13.0 Å². The zero-order valence-electron chi connectivity index (χ0n) is 11.9. The van der Waals surface area contributed by atoms with Crippen molar-refractivity contribution in [2.45, 2.75) is 12.8 Å². The van der Waals surface area contributed by atoms with Crippen LogP contribution in [0.25, 0.3) is 0 Å². The van der Waals surface area contributed by atoms with Gasteiger partial charge < -0.3 is 10.1 Å². The molecule has 1 N–H and O–H groups in total. The van der Waals surface area contributed by atoms with Crippen molar-refractivity contribution in [1.82, 2.24) is 0 Å². The zero-order chi connectivity index (χ0) is 15.1. The number of methoxy groups -OCH3 is 1. The van der Waals surface area contributed by atoms with Gasteiger partial charge in [-0.05, 0) is 36.2 Å². The van der Waals surface area contributed by atoms with Crippen molar-refractivity contribution >= 4 is 11.6 Å². The van der Waals surface area contributed by atoms with Crippen molar-refractivity contribution in [2.75, 3.05) is 12.4 Å². The van der Waals surface area contributed by atoms with Crippen LogP contribution in [0.15, 0.2) is 48.5 Å². The predicted octanol–water partition coefficient (Wildman–Crippen LogP) is 3.25. The number of anilines is 1. The lowest BCUT2D eigenvalue weighted by Crippen LogP contribution is -2.12. The number of aryl methyl sites for hydroxylation is 1. The van der Waals surface area contributed by atoms with Crippen LogP contribution in [0.4, 0.5) is 5.69 Å². The van der Waals surface area contributed by atoms with Crippen LogP contribution in [0.5, 0.6) is 5.75 Å². The minimum Gasteiger partial charge on any atom is -0.496 e. The van der Waals surface area contributed by atoms with Gasteiger partial charge in [0.25, 0.3) is 0 Å². The molecule has 0 saturated carbocycles. The summed E-state index contributed by atoms with van der Waals surface area (Å²) in [6.07, 6.45) is 6.36. The van der Waals surface area contributed by atoms with E-state index in [0.29, 0.717) is 12.8 Å². The van der Waals surface area contributed by atoms with E-state index in [1.807, 2.05) is 42.5 Å². The average molecular weight is 279 g/mol. The van der Waals surface area contributed by atoms with E-state index in [-0.39, 0.29) is 5.91 Å². The molecule has 0 unspecified atom stereocenters. The molecule has 0 aliphatic rings. The van der Waals surface area contributed by atoms with Crippen molar-refractivity contribution < 1.29 is 9.53 Å². The highest BCUT2D eigenvalue weighted by atomic mass is 16.5. The first-order valence-electron chi connectivity index (χ1n) is 6.71. The SMILES string of the molecule is C#Cc1cccc(NC(=O)CCc2ccccc2OC)c1. The van der Waals surface area contributed by atoms with Crippen LogP contribution in [0.1, 0.15) is 17.5 Å². The quantitative estimate of drug-likeness (QED) is 0.853. The summed E-state index contributed by atoms with van der Waals surface area (Å²) in [5.74, 6) is 3.30. The lowest BCUT2D eigenvalue weighted by atomic mass is 10.1. The molecule has 106 valence electrons. The fraction of sp³-hybridized carbons (Fsp3) is 0.167. The van der Waals surface area contributed by atoms with E-state index < -0.39 is 0 Å². The Labute approximate surface area is 125 Å². The molecule has 0 heterocycles. The number of hydrogen-bond acceptors (Lipinski definition) is 2. The van der Waals surface area contributed by atoms with Crippen LogP contribution < -0.4 is 10.1 Å². The summed E-state index contributed by atoms with van der Waals surface area (Å²) < 4.78 is 5.27. The Bertz CT molecular complexity index is 671. The van der Waals surface area contributed by atoms with E-state index in [1.165, 1.54) is 0 Å². The third-order valence-corrected chi connectivity index (χ3v) is 3.13. The van der Waals surface area contributed by atoms with Crippen molar-refractivity contribution in [3.8, 4) is 18.1 Å². The van der Waals surface area contributed by atoms with E-state index in [0.717, 1.165) is 22.6 Å². The summed E-state index contributed by atoms with van der Waals surface area (Å²) in [4.78, 5) is 12.0. The Kier molecular flexibility index (Phi) is 5.00. The number of terminal acetylenes is 1. The lowest BCUT2D eigenvalue weighted by Gasteiger charge is -2.08. The largest absolute Gasteiger partial charge is 0.496 e. The van der Waals surface area contributed by atoms with Gasteiger partial charge in [-0.15, -0.1) is 6.42 Å². The molecule has 0 fully saturated rings. The summed E-state index contributed by atoms with van der Waals surface area (Å²) >= 11 is 0. The summed E-state index contributed by atoms with van der Waals surface area (Å²) in [7, 11) is 1.63. The standard InChI is InChI=1S/C18H17NO2/c1-3-14-7-6-9-16(13-14)19-18(20)12-11-15-8-4-5-10-17(15)21-2/h1,4-10,13H,11-12H2,2H3,(H,19,20). The van der Waals surface area contributed by atoms with Gasteiger partial charge in [0.1, 0.15) is 5.75 Å². The number of para-hydroxylation sites is 1. The molecule has 2 aromatic carbocycles. The van der Waals surface area contributed by atoms with Gasteiger partial charge >= 0.3 is 0 Å². The summed E-state index contributed by atoms with van der Waals surface area (Å²) in [5.41, 5.74) is 2.49. The minimum atomic E-state index is -0.0462. The molecule has 0 aliphatic carbocycles. The molecule has 3 nitrogen and oxygen atoms in total. The van der Waals surface area contributed by atoms with Crippen molar-refractivity contribution in [2.24, 2.45) is 0 Å². The van der Waals surface area contributed by atoms with Crippen molar-refractivity contribution in [1.29, 1.82) is 0 Å². The van der Waals surface area contributed by atoms with Gasteiger partial charge in [-0.2, -0.15) is 0 Å². The Hall–Kier alpha value is -2.73. The van der Waals surface area contributed by atoms with E-state index in [4.69, 9.17) is 11.2 Å². The van der Waals surface area contributed by atoms with Gasteiger partial charge in [-0.3, -0.25) is 4.79 Å². The van der Waals surface area contributed by atoms with E-state index in [9.17, 15) is 4.79 Å². The number of amides is 1. The molecule has 2 aromatic rings. The van der Waals surface area contributed by atoms with E-state index >= 15 is 0 Å². The number of ether oxygens (including phenoxy) is 1. The molecular weight excluding hydrogens is 262 g/mol. The highest BCUT2D eigenvalue weighted by molar-refractivity contribution is 5.91. The second-order valence-electron chi connectivity index (χ2n) is 4.59. The molecule has 3 heteroatoms. The number of benzene rings is 2. The van der Waals surface area contributed by atoms with Crippen LogP contribution >= 0.6 is 0 Å². The second kappa shape index (κ2) is 7.16. The van der Waals surface area contributed by atoms with Crippen LogP contribution in [0.3, 0.4) is 0 Å². The summed E-state index contributed by atoms with van der Waals surface area (Å²) in [6, 6.07) is 15.0. The molecule has 1 amide bonds. The predicted molar refractivity (Wildman–Crippen MR) is 84.3 cm³/mol. The maximum absolute atomic E-state index is 12.0. The highest BCUT2D eigenvalue weighted by Crippen LogP contribution is 2.19. The first-order valence-corrected chi connectivity index (χ1v) is 6.71. The molecule has 0 bridgehead atoms. The Morgan fingerprint density at radius 2 is 2.05 bits per heavy atom. The molecule has 0 radical (unpaired) electrons. The minimum absolute atomic E-state index is 0.0462. The summed E-state index contributed by atoms with van der Waals surface area (Å²) in [6.45, 7) is 0. The molecule has 0 saturated heterocycles. The van der Waals surface area contributed by atoms with Crippen molar-refractivity contribution in [3.05, 3.63) is 59.7 Å². The Morgan fingerprint density at radius 1 is 1.24 bits per heavy atom. The monoisotopic (exact) mass is 279 g/mol. The average Bonchev–Trinajstić information content (AvgIpc) is 2.53. The molecule has 0 aromatic heterocycles. The van der Waals surface area contributed by atoms with Gasteiger partial charge in [0.15, 0.2) is 0 Å².